The maximum absolute atomic E-state index is 14.1. The van der Waals surface area contributed by atoms with Crippen LogP contribution in [0.15, 0.2) is 28.8 Å². The van der Waals surface area contributed by atoms with Gasteiger partial charge in [0, 0.05) is 25.1 Å². The van der Waals surface area contributed by atoms with Crippen LogP contribution < -0.4 is 10.2 Å². The van der Waals surface area contributed by atoms with E-state index in [1.165, 1.54) is 6.07 Å². The minimum Gasteiger partial charge on any atom is -0.369 e. The van der Waals surface area contributed by atoms with E-state index in [4.69, 9.17) is 5.26 Å². The maximum Gasteiger partial charge on any atom is 0.298 e. The number of carbonyl (C=O) groups is 1. The van der Waals surface area contributed by atoms with E-state index in [9.17, 15) is 18.0 Å². The molecule has 142 valence electrons. The van der Waals surface area contributed by atoms with Crippen molar-refractivity contribution in [3.05, 3.63) is 47.1 Å². The van der Waals surface area contributed by atoms with Gasteiger partial charge in [-0.2, -0.15) is 5.26 Å². The number of hydrogen-bond donors (Lipinski definition) is 1. The monoisotopic (exact) mass is 378 g/mol. The SMILES string of the molecule is N#Cc1ccc(N2CCC(C(=O)NCc3cc(C(F)F)on3)CC2)c(F)c1. The van der Waals surface area contributed by atoms with Gasteiger partial charge in [0.05, 0.1) is 23.9 Å². The zero-order valence-electron chi connectivity index (χ0n) is 14.3. The Labute approximate surface area is 153 Å². The summed E-state index contributed by atoms with van der Waals surface area (Å²) in [5, 5.41) is 15.0. The molecule has 0 radical (unpaired) electrons. The van der Waals surface area contributed by atoms with E-state index in [0.717, 1.165) is 6.07 Å². The van der Waals surface area contributed by atoms with Gasteiger partial charge in [-0.3, -0.25) is 4.79 Å². The average molecular weight is 378 g/mol. The van der Waals surface area contributed by atoms with Crippen molar-refractivity contribution in [2.75, 3.05) is 18.0 Å². The maximum atomic E-state index is 14.1. The molecule has 27 heavy (non-hydrogen) atoms. The van der Waals surface area contributed by atoms with Crippen molar-refractivity contribution in [3.63, 3.8) is 0 Å². The fourth-order valence-corrected chi connectivity index (χ4v) is 3.05. The molecule has 1 amide bonds. The molecule has 0 unspecified atom stereocenters. The minimum atomic E-state index is -2.74. The number of benzene rings is 1. The lowest BCUT2D eigenvalue weighted by atomic mass is 9.95. The molecular formula is C18H17F3N4O2. The number of rotatable bonds is 5. The molecule has 0 saturated carbocycles. The van der Waals surface area contributed by atoms with Crippen molar-refractivity contribution in [2.45, 2.75) is 25.8 Å². The first-order valence-corrected chi connectivity index (χ1v) is 8.44. The molecule has 2 heterocycles. The number of anilines is 1. The molecule has 2 aromatic rings. The molecular weight excluding hydrogens is 361 g/mol. The standard InChI is InChI=1S/C18H17F3N4O2/c19-14-7-11(9-22)1-2-15(14)25-5-3-12(4-6-25)18(26)23-10-13-8-16(17(20)21)27-24-13/h1-2,7-8,12,17H,3-6,10H2,(H,23,26). The summed E-state index contributed by atoms with van der Waals surface area (Å²) in [5.74, 6) is -1.43. The van der Waals surface area contributed by atoms with Crippen LogP contribution in [-0.4, -0.2) is 24.2 Å². The first-order chi connectivity index (χ1) is 13.0. The van der Waals surface area contributed by atoms with Crippen LogP contribution in [0.25, 0.3) is 0 Å². The zero-order chi connectivity index (χ0) is 19.4. The first-order valence-electron chi connectivity index (χ1n) is 8.44. The van der Waals surface area contributed by atoms with Crippen LogP contribution in [0.3, 0.4) is 0 Å². The van der Waals surface area contributed by atoms with E-state index in [-0.39, 0.29) is 29.6 Å². The van der Waals surface area contributed by atoms with Crippen LogP contribution in [0.5, 0.6) is 0 Å². The second kappa shape index (κ2) is 8.12. The Kier molecular flexibility index (Phi) is 5.64. The number of carbonyl (C=O) groups excluding carboxylic acids is 1. The highest BCUT2D eigenvalue weighted by molar-refractivity contribution is 5.79. The molecule has 1 aromatic carbocycles. The number of aromatic nitrogens is 1. The molecule has 0 spiro atoms. The molecule has 1 aliphatic heterocycles. The third-order valence-corrected chi connectivity index (χ3v) is 4.52. The Hall–Kier alpha value is -3.02. The summed E-state index contributed by atoms with van der Waals surface area (Å²) >= 11 is 0. The summed E-state index contributed by atoms with van der Waals surface area (Å²) in [5.41, 5.74) is 0.902. The highest BCUT2D eigenvalue weighted by Gasteiger charge is 2.26. The van der Waals surface area contributed by atoms with E-state index >= 15 is 0 Å². The predicted molar refractivity (Wildman–Crippen MR) is 89.4 cm³/mol. The zero-order valence-corrected chi connectivity index (χ0v) is 14.3. The Morgan fingerprint density at radius 1 is 1.37 bits per heavy atom. The second-order valence-corrected chi connectivity index (χ2v) is 6.28. The van der Waals surface area contributed by atoms with Gasteiger partial charge in [-0.1, -0.05) is 5.16 Å². The van der Waals surface area contributed by atoms with E-state index in [0.29, 0.717) is 31.6 Å². The summed E-state index contributed by atoms with van der Waals surface area (Å²) in [7, 11) is 0. The average Bonchev–Trinajstić information content (AvgIpc) is 3.15. The lowest BCUT2D eigenvalue weighted by Crippen LogP contribution is -2.40. The van der Waals surface area contributed by atoms with Crippen molar-refractivity contribution in [1.29, 1.82) is 5.26 Å². The van der Waals surface area contributed by atoms with Crippen molar-refractivity contribution >= 4 is 11.6 Å². The molecule has 3 rings (SSSR count). The molecule has 9 heteroatoms. The molecule has 1 fully saturated rings. The Morgan fingerprint density at radius 2 is 2.11 bits per heavy atom. The Morgan fingerprint density at radius 3 is 2.70 bits per heavy atom. The molecule has 1 aliphatic rings. The number of alkyl halides is 2. The van der Waals surface area contributed by atoms with Crippen molar-refractivity contribution in [3.8, 4) is 6.07 Å². The van der Waals surface area contributed by atoms with E-state index in [1.54, 1.807) is 12.1 Å². The number of nitrogens with zero attached hydrogens (tertiary/aromatic N) is 3. The summed E-state index contributed by atoms with van der Waals surface area (Å²) < 4.78 is 43.5. The first kappa shape index (κ1) is 18.8. The predicted octanol–water partition coefficient (Wildman–Crippen LogP) is 3.16. The number of hydrogen-bond acceptors (Lipinski definition) is 5. The van der Waals surface area contributed by atoms with Gasteiger partial charge in [-0.15, -0.1) is 0 Å². The van der Waals surface area contributed by atoms with Gasteiger partial charge < -0.3 is 14.7 Å². The number of piperidine rings is 1. The fraction of sp³-hybridized carbons (Fsp3) is 0.389. The number of nitriles is 1. The smallest absolute Gasteiger partial charge is 0.298 e. The van der Waals surface area contributed by atoms with E-state index in [1.807, 2.05) is 11.0 Å². The topological polar surface area (TPSA) is 82.2 Å². The molecule has 0 bridgehead atoms. The molecule has 1 aromatic heterocycles. The quantitative estimate of drug-likeness (QED) is 0.864. The van der Waals surface area contributed by atoms with Gasteiger partial charge in [0.1, 0.15) is 11.5 Å². The molecule has 1 N–H and O–H groups in total. The molecule has 0 aliphatic carbocycles. The van der Waals surface area contributed by atoms with Gasteiger partial charge in [0.2, 0.25) is 11.7 Å². The highest BCUT2D eigenvalue weighted by atomic mass is 19.3. The largest absolute Gasteiger partial charge is 0.369 e. The summed E-state index contributed by atoms with van der Waals surface area (Å²) in [6.45, 7) is 1.01. The lowest BCUT2D eigenvalue weighted by Gasteiger charge is -2.33. The van der Waals surface area contributed by atoms with Gasteiger partial charge in [0.15, 0.2) is 0 Å². The van der Waals surface area contributed by atoms with Crippen molar-refractivity contribution < 1.29 is 22.5 Å². The van der Waals surface area contributed by atoms with Gasteiger partial charge in [-0.05, 0) is 31.0 Å². The van der Waals surface area contributed by atoms with Crippen LogP contribution in [0.2, 0.25) is 0 Å². The van der Waals surface area contributed by atoms with Crippen LogP contribution in [0, 0.1) is 23.1 Å². The molecule has 0 atom stereocenters. The minimum absolute atomic E-state index is 0.0134. The summed E-state index contributed by atoms with van der Waals surface area (Å²) in [4.78, 5) is 14.1. The van der Waals surface area contributed by atoms with Gasteiger partial charge >= 0.3 is 0 Å². The van der Waals surface area contributed by atoms with Crippen LogP contribution >= 0.6 is 0 Å². The number of amides is 1. The Balaban J connectivity index is 1.51. The van der Waals surface area contributed by atoms with Crippen LogP contribution in [0.1, 0.15) is 36.3 Å². The van der Waals surface area contributed by atoms with Crippen molar-refractivity contribution in [1.82, 2.24) is 10.5 Å². The van der Waals surface area contributed by atoms with Gasteiger partial charge in [-0.25, -0.2) is 13.2 Å². The third-order valence-electron chi connectivity index (χ3n) is 4.52. The third kappa shape index (κ3) is 4.39. The lowest BCUT2D eigenvalue weighted by molar-refractivity contribution is -0.125. The summed E-state index contributed by atoms with van der Waals surface area (Å²) in [6, 6.07) is 7.32. The Bertz CT molecular complexity index is 855. The van der Waals surface area contributed by atoms with Crippen molar-refractivity contribution in [2.24, 2.45) is 5.92 Å². The fourth-order valence-electron chi connectivity index (χ4n) is 3.05. The molecule has 6 nitrogen and oxygen atoms in total. The summed E-state index contributed by atoms with van der Waals surface area (Å²) in [6.07, 6.45) is -1.67. The normalized spacial score (nSPS) is 15.0. The van der Waals surface area contributed by atoms with Gasteiger partial charge in [0.25, 0.3) is 6.43 Å². The number of halogens is 3. The number of nitrogens with one attached hydrogen (secondary N) is 1. The van der Waals surface area contributed by atoms with E-state index < -0.39 is 18.0 Å². The highest BCUT2D eigenvalue weighted by Crippen LogP contribution is 2.26. The molecule has 1 saturated heterocycles. The second-order valence-electron chi connectivity index (χ2n) is 6.28. The van der Waals surface area contributed by atoms with E-state index in [2.05, 4.69) is 15.0 Å². The van der Waals surface area contributed by atoms with Crippen LogP contribution in [0.4, 0.5) is 18.9 Å². The van der Waals surface area contributed by atoms with Crippen LogP contribution in [-0.2, 0) is 11.3 Å².